The Bertz CT molecular complexity index is 788. The number of fused-ring (bicyclic) bond motifs is 1. The molecule has 8 heteroatoms. The van der Waals surface area contributed by atoms with Crippen LogP contribution in [0.4, 0.5) is 0 Å². The highest BCUT2D eigenvalue weighted by Gasteiger charge is 2.27. The van der Waals surface area contributed by atoms with Gasteiger partial charge >= 0.3 is 5.97 Å². The molecular formula is C13H16N4O4. The topological polar surface area (TPSA) is 120 Å². The number of aromatic nitrogens is 3. The molecule has 2 aromatic heterocycles. The van der Waals surface area contributed by atoms with Crippen molar-refractivity contribution in [1.82, 2.24) is 14.5 Å². The Kier molecular flexibility index (Phi) is 3.79. The number of carbonyl (C=O) groups is 2. The number of nitrogens with zero attached hydrogens (tertiary/aromatic N) is 2. The predicted octanol–water partition coefficient (Wildman–Crippen LogP) is 0.329. The molecule has 2 heterocycles. The molecule has 112 valence electrons. The molecule has 2 rings (SSSR count). The summed E-state index contributed by atoms with van der Waals surface area (Å²) in [6.07, 6.45) is 0. The van der Waals surface area contributed by atoms with E-state index in [1.165, 1.54) is 0 Å². The SMILES string of the molecule is CCOC(=O)c1c(C(N)=O)c(=O)[nH]c2nc(C)n(CC)c12. The Morgan fingerprint density at radius 1 is 1.33 bits per heavy atom. The number of imidazole rings is 1. The first-order valence-electron chi connectivity index (χ1n) is 6.52. The minimum Gasteiger partial charge on any atom is -0.462 e. The number of ether oxygens (including phenoxy) is 1. The first-order chi connectivity index (χ1) is 9.92. The zero-order chi connectivity index (χ0) is 15.7. The molecule has 8 nitrogen and oxygen atoms in total. The van der Waals surface area contributed by atoms with Crippen LogP contribution in [0.25, 0.3) is 11.2 Å². The van der Waals surface area contributed by atoms with Crippen molar-refractivity contribution in [2.45, 2.75) is 27.3 Å². The molecule has 0 bridgehead atoms. The number of aromatic amines is 1. The first kappa shape index (κ1) is 14.8. The van der Waals surface area contributed by atoms with Gasteiger partial charge < -0.3 is 20.0 Å². The fourth-order valence-electron chi connectivity index (χ4n) is 2.33. The number of aryl methyl sites for hydroxylation is 2. The van der Waals surface area contributed by atoms with Crippen LogP contribution in [0.1, 0.15) is 40.4 Å². The summed E-state index contributed by atoms with van der Waals surface area (Å²) >= 11 is 0. The summed E-state index contributed by atoms with van der Waals surface area (Å²) in [5.74, 6) is -1.14. The molecule has 0 radical (unpaired) electrons. The van der Waals surface area contributed by atoms with E-state index in [1.807, 2.05) is 6.92 Å². The van der Waals surface area contributed by atoms with E-state index in [4.69, 9.17) is 10.5 Å². The molecule has 0 spiro atoms. The number of hydrogen-bond donors (Lipinski definition) is 2. The molecule has 0 fully saturated rings. The fraction of sp³-hybridized carbons (Fsp3) is 0.385. The highest BCUT2D eigenvalue weighted by atomic mass is 16.5. The van der Waals surface area contributed by atoms with E-state index in [0.717, 1.165) is 0 Å². The standard InChI is InChI=1S/C13H16N4O4/c1-4-17-6(3)15-11-9(17)7(13(20)21-5-2)8(10(14)18)12(19)16-11/h4-5H2,1-3H3,(H2,14,18)(H,16,19). The summed E-state index contributed by atoms with van der Waals surface area (Å²) < 4.78 is 6.66. The van der Waals surface area contributed by atoms with Crippen LogP contribution in [0.15, 0.2) is 4.79 Å². The maximum atomic E-state index is 12.2. The molecule has 3 N–H and O–H groups in total. The third kappa shape index (κ3) is 2.28. The number of nitrogens with one attached hydrogen (secondary N) is 1. The van der Waals surface area contributed by atoms with Crippen molar-refractivity contribution >= 4 is 23.0 Å². The van der Waals surface area contributed by atoms with Crippen molar-refractivity contribution < 1.29 is 14.3 Å². The third-order valence-corrected chi connectivity index (χ3v) is 3.15. The van der Waals surface area contributed by atoms with E-state index in [1.54, 1.807) is 18.4 Å². The molecule has 0 aliphatic carbocycles. The van der Waals surface area contributed by atoms with Gasteiger partial charge in [-0.25, -0.2) is 9.78 Å². The lowest BCUT2D eigenvalue weighted by Gasteiger charge is -2.10. The third-order valence-electron chi connectivity index (χ3n) is 3.15. The number of carbonyl (C=O) groups excluding carboxylic acids is 2. The Morgan fingerprint density at radius 2 is 2.00 bits per heavy atom. The van der Waals surface area contributed by atoms with Gasteiger partial charge in [-0.2, -0.15) is 0 Å². The van der Waals surface area contributed by atoms with Crippen LogP contribution in [0.5, 0.6) is 0 Å². The Labute approximate surface area is 119 Å². The highest BCUT2D eigenvalue weighted by molar-refractivity contribution is 6.11. The molecule has 0 saturated heterocycles. The van der Waals surface area contributed by atoms with Crippen LogP contribution in [0.2, 0.25) is 0 Å². The van der Waals surface area contributed by atoms with Crippen LogP contribution in [0, 0.1) is 6.92 Å². The average Bonchev–Trinajstić information content (AvgIpc) is 2.71. The van der Waals surface area contributed by atoms with Crippen molar-refractivity contribution in [3.05, 3.63) is 27.3 Å². The van der Waals surface area contributed by atoms with Crippen molar-refractivity contribution in [3.63, 3.8) is 0 Å². The van der Waals surface area contributed by atoms with Crippen LogP contribution in [-0.2, 0) is 11.3 Å². The second-order valence-corrected chi connectivity index (χ2v) is 4.39. The molecular weight excluding hydrogens is 276 g/mol. The van der Waals surface area contributed by atoms with Gasteiger partial charge in [-0.1, -0.05) is 0 Å². The predicted molar refractivity (Wildman–Crippen MR) is 75.2 cm³/mol. The molecule has 0 unspecified atom stereocenters. The molecule has 0 aromatic carbocycles. The number of nitrogens with two attached hydrogens (primary N) is 1. The number of hydrogen-bond acceptors (Lipinski definition) is 5. The van der Waals surface area contributed by atoms with E-state index in [9.17, 15) is 14.4 Å². The quantitative estimate of drug-likeness (QED) is 0.787. The lowest BCUT2D eigenvalue weighted by molar-refractivity contribution is 0.0524. The molecule has 1 amide bonds. The zero-order valence-electron chi connectivity index (χ0n) is 12.0. The molecule has 0 atom stereocenters. The second kappa shape index (κ2) is 5.39. The van der Waals surface area contributed by atoms with E-state index < -0.39 is 23.0 Å². The first-order valence-corrected chi connectivity index (χ1v) is 6.52. The normalized spacial score (nSPS) is 10.8. The lowest BCUT2D eigenvalue weighted by atomic mass is 10.1. The van der Waals surface area contributed by atoms with Gasteiger partial charge in [0.25, 0.3) is 11.5 Å². The summed E-state index contributed by atoms with van der Waals surface area (Å²) in [6.45, 7) is 5.86. The minimum atomic E-state index is -0.984. The minimum absolute atomic E-state index is 0.116. The van der Waals surface area contributed by atoms with Gasteiger partial charge in [0.2, 0.25) is 0 Å². The largest absolute Gasteiger partial charge is 0.462 e. The summed E-state index contributed by atoms with van der Waals surface area (Å²) in [6, 6.07) is 0. The zero-order valence-corrected chi connectivity index (χ0v) is 12.0. The van der Waals surface area contributed by atoms with Crippen LogP contribution in [0.3, 0.4) is 0 Å². The van der Waals surface area contributed by atoms with Gasteiger partial charge in [0.15, 0.2) is 5.65 Å². The highest BCUT2D eigenvalue weighted by Crippen LogP contribution is 2.21. The van der Waals surface area contributed by atoms with Crippen LogP contribution < -0.4 is 11.3 Å². The molecule has 2 aromatic rings. The fourth-order valence-corrected chi connectivity index (χ4v) is 2.33. The number of pyridine rings is 1. The Hall–Kier alpha value is -2.64. The molecule has 0 aliphatic rings. The van der Waals surface area contributed by atoms with E-state index >= 15 is 0 Å². The molecule has 21 heavy (non-hydrogen) atoms. The number of primary amides is 1. The maximum absolute atomic E-state index is 12.2. The Balaban J connectivity index is 2.98. The van der Waals surface area contributed by atoms with Crippen molar-refractivity contribution in [1.29, 1.82) is 0 Å². The number of rotatable bonds is 4. The van der Waals surface area contributed by atoms with Gasteiger partial charge in [-0.3, -0.25) is 9.59 Å². The number of amides is 1. The van der Waals surface area contributed by atoms with Gasteiger partial charge in [0.05, 0.1) is 6.61 Å². The number of H-pyrrole nitrogens is 1. The molecule has 0 saturated carbocycles. The van der Waals surface area contributed by atoms with Crippen molar-refractivity contribution in [3.8, 4) is 0 Å². The Morgan fingerprint density at radius 3 is 2.52 bits per heavy atom. The molecule has 0 aliphatic heterocycles. The van der Waals surface area contributed by atoms with E-state index in [-0.39, 0.29) is 17.8 Å². The van der Waals surface area contributed by atoms with Gasteiger partial charge in [-0.15, -0.1) is 0 Å². The van der Waals surface area contributed by atoms with Gasteiger partial charge in [0, 0.05) is 6.54 Å². The summed E-state index contributed by atoms with van der Waals surface area (Å²) in [5, 5.41) is 0. The van der Waals surface area contributed by atoms with Crippen LogP contribution >= 0.6 is 0 Å². The number of esters is 1. The maximum Gasteiger partial charge on any atom is 0.341 e. The van der Waals surface area contributed by atoms with Gasteiger partial charge in [-0.05, 0) is 20.8 Å². The summed E-state index contributed by atoms with van der Waals surface area (Å²) in [5.41, 5.74) is 4.53. The smallest absolute Gasteiger partial charge is 0.341 e. The average molecular weight is 292 g/mol. The van der Waals surface area contributed by atoms with Crippen molar-refractivity contribution in [2.24, 2.45) is 5.73 Å². The second-order valence-electron chi connectivity index (χ2n) is 4.39. The van der Waals surface area contributed by atoms with E-state index in [0.29, 0.717) is 17.9 Å². The summed E-state index contributed by atoms with van der Waals surface area (Å²) in [4.78, 5) is 42.4. The lowest BCUT2D eigenvalue weighted by Crippen LogP contribution is -2.29. The van der Waals surface area contributed by atoms with Gasteiger partial charge in [0.1, 0.15) is 22.5 Å². The monoisotopic (exact) mass is 292 g/mol. The van der Waals surface area contributed by atoms with Crippen molar-refractivity contribution in [2.75, 3.05) is 6.61 Å². The van der Waals surface area contributed by atoms with E-state index in [2.05, 4.69) is 9.97 Å². The van der Waals surface area contributed by atoms with Crippen LogP contribution in [-0.4, -0.2) is 33.0 Å². The summed E-state index contributed by atoms with van der Waals surface area (Å²) in [7, 11) is 0.